The second kappa shape index (κ2) is 11.8. The van der Waals surface area contributed by atoms with Crippen LogP contribution in [0.4, 0.5) is 10.1 Å². The summed E-state index contributed by atoms with van der Waals surface area (Å²) < 4.78 is 13.9. The molecule has 0 aliphatic carbocycles. The monoisotopic (exact) mass is 557 g/mol. The molecule has 2 aromatic heterocycles. The normalized spacial score (nSPS) is 10.8. The SMILES string of the molecule is O=C(Cc1cccs1)Nc1ccc2c(C(=O)NCc3ccc(F)cc3)c(O)n(OCc3ccccc3)c(=O)c2c1. The number of amides is 2. The summed E-state index contributed by atoms with van der Waals surface area (Å²) in [6.45, 7) is 0.00853. The second-order valence-corrected chi connectivity index (χ2v) is 9.96. The second-order valence-electron chi connectivity index (χ2n) is 8.93. The van der Waals surface area contributed by atoms with Crippen molar-refractivity contribution in [1.29, 1.82) is 0 Å². The van der Waals surface area contributed by atoms with Crippen LogP contribution in [0, 0.1) is 5.82 Å². The zero-order valence-electron chi connectivity index (χ0n) is 21.1. The molecule has 0 bridgehead atoms. The third-order valence-electron chi connectivity index (χ3n) is 6.11. The van der Waals surface area contributed by atoms with Gasteiger partial charge < -0.3 is 20.6 Å². The molecule has 3 aromatic carbocycles. The van der Waals surface area contributed by atoms with Gasteiger partial charge in [-0.3, -0.25) is 14.4 Å². The Morgan fingerprint density at radius 1 is 0.925 bits per heavy atom. The van der Waals surface area contributed by atoms with Gasteiger partial charge in [-0.25, -0.2) is 4.39 Å². The van der Waals surface area contributed by atoms with E-state index in [4.69, 9.17) is 4.84 Å². The van der Waals surface area contributed by atoms with Crippen LogP contribution in [0.3, 0.4) is 0 Å². The molecule has 0 unspecified atom stereocenters. The van der Waals surface area contributed by atoms with Gasteiger partial charge in [0.25, 0.3) is 11.5 Å². The Balaban J connectivity index is 1.49. The van der Waals surface area contributed by atoms with Gasteiger partial charge in [-0.2, -0.15) is 0 Å². The minimum atomic E-state index is -0.701. The highest BCUT2D eigenvalue weighted by Crippen LogP contribution is 2.27. The molecular weight excluding hydrogens is 533 g/mol. The number of carbonyl (C=O) groups excluding carboxylic acids is 2. The first-order chi connectivity index (χ1) is 19.4. The maximum atomic E-state index is 13.5. The van der Waals surface area contributed by atoms with E-state index in [-0.39, 0.29) is 41.8 Å². The molecule has 10 heteroatoms. The molecular formula is C30H24FN3O5S. The van der Waals surface area contributed by atoms with Crippen LogP contribution in [0.2, 0.25) is 0 Å². The van der Waals surface area contributed by atoms with Gasteiger partial charge in [0.2, 0.25) is 11.8 Å². The zero-order chi connectivity index (χ0) is 28.1. The molecule has 202 valence electrons. The smallest absolute Gasteiger partial charge is 0.294 e. The average Bonchev–Trinajstić information content (AvgIpc) is 3.46. The van der Waals surface area contributed by atoms with E-state index in [2.05, 4.69) is 10.6 Å². The number of aromatic hydroxyl groups is 1. The molecule has 40 heavy (non-hydrogen) atoms. The summed E-state index contributed by atoms with van der Waals surface area (Å²) in [4.78, 5) is 45.9. The zero-order valence-corrected chi connectivity index (χ0v) is 21.9. The predicted molar refractivity (Wildman–Crippen MR) is 151 cm³/mol. The lowest BCUT2D eigenvalue weighted by Crippen LogP contribution is -2.31. The summed E-state index contributed by atoms with van der Waals surface area (Å²) in [6.07, 6.45) is 0.173. The number of hydrogen-bond donors (Lipinski definition) is 3. The molecule has 8 nitrogen and oxygen atoms in total. The number of pyridine rings is 1. The summed E-state index contributed by atoms with van der Waals surface area (Å²) in [5, 5.41) is 18.7. The van der Waals surface area contributed by atoms with Crippen molar-refractivity contribution >= 4 is 39.6 Å². The molecule has 2 amide bonds. The highest BCUT2D eigenvalue weighted by molar-refractivity contribution is 7.10. The van der Waals surface area contributed by atoms with Crippen LogP contribution < -0.4 is 21.0 Å². The van der Waals surface area contributed by atoms with Crippen LogP contribution in [0.25, 0.3) is 10.8 Å². The van der Waals surface area contributed by atoms with Crippen molar-refractivity contribution in [3.63, 3.8) is 0 Å². The Bertz CT molecular complexity index is 1720. The first kappa shape index (κ1) is 26.6. The first-order valence-corrected chi connectivity index (χ1v) is 13.2. The van der Waals surface area contributed by atoms with Crippen LogP contribution in [0.5, 0.6) is 5.88 Å². The summed E-state index contributed by atoms with van der Waals surface area (Å²) in [5.41, 5.74) is 0.854. The number of fused-ring (bicyclic) bond motifs is 1. The van der Waals surface area contributed by atoms with Crippen LogP contribution in [0.1, 0.15) is 26.4 Å². The van der Waals surface area contributed by atoms with Gasteiger partial charge in [0, 0.05) is 22.5 Å². The van der Waals surface area contributed by atoms with Gasteiger partial charge in [0.1, 0.15) is 18.0 Å². The van der Waals surface area contributed by atoms with E-state index in [1.54, 1.807) is 30.3 Å². The minimum absolute atomic E-state index is 0.0479. The van der Waals surface area contributed by atoms with Crippen molar-refractivity contribution in [1.82, 2.24) is 10.0 Å². The third kappa shape index (κ3) is 6.02. The fraction of sp³-hybridized carbons (Fsp3) is 0.100. The highest BCUT2D eigenvalue weighted by Gasteiger charge is 2.23. The number of nitrogens with zero attached hydrogens (tertiary/aromatic N) is 1. The number of aromatic nitrogens is 1. The Hall–Kier alpha value is -4.96. The molecule has 2 heterocycles. The van der Waals surface area contributed by atoms with Crippen LogP contribution in [-0.4, -0.2) is 21.7 Å². The van der Waals surface area contributed by atoms with Crippen molar-refractivity contribution in [3.8, 4) is 5.88 Å². The molecule has 5 aromatic rings. The van der Waals surface area contributed by atoms with E-state index in [9.17, 15) is 23.9 Å². The first-order valence-electron chi connectivity index (χ1n) is 12.3. The van der Waals surface area contributed by atoms with Crippen LogP contribution in [0.15, 0.2) is 95.1 Å². The van der Waals surface area contributed by atoms with Crippen molar-refractivity contribution in [2.24, 2.45) is 0 Å². The number of rotatable bonds is 9. The topological polar surface area (TPSA) is 110 Å². The van der Waals surface area contributed by atoms with Crippen molar-refractivity contribution in [3.05, 3.63) is 128 Å². The molecule has 5 rings (SSSR count). The van der Waals surface area contributed by atoms with E-state index >= 15 is 0 Å². The van der Waals surface area contributed by atoms with E-state index < -0.39 is 23.2 Å². The number of nitrogens with one attached hydrogen (secondary N) is 2. The molecule has 3 N–H and O–H groups in total. The molecule has 0 atom stereocenters. The molecule has 0 radical (unpaired) electrons. The van der Waals surface area contributed by atoms with Gasteiger partial charge in [-0.05, 0) is 46.8 Å². The standard InChI is InChI=1S/C30H24FN3O5S/c31-21-10-8-19(9-11-21)17-32-28(36)27-24-13-12-22(33-26(35)16-23-7-4-14-40-23)15-25(24)29(37)34(30(27)38)39-18-20-5-2-1-3-6-20/h1-15,38H,16-18H2,(H,32,36)(H,33,35). The fourth-order valence-corrected chi connectivity index (χ4v) is 4.85. The van der Waals surface area contributed by atoms with Crippen molar-refractivity contribution in [2.75, 3.05) is 5.32 Å². The van der Waals surface area contributed by atoms with E-state index in [1.807, 2.05) is 23.6 Å². The van der Waals surface area contributed by atoms with E-state index in [1.165, 1.54) is 47.7 Å². The van der Waals surface area contributed by atoms with Crippen molar-refractivity contribution < 1.29 is 23.9 Å². The molecule has 0 aliphatic heterocycles. The number of thiophene rings is 1. The van der Waals surface area contributed by atoms with Crippen LogP contribution in [-0.2, 0) is 24.4 Å². The molecule has 0 saturated carbocycles. The molecule has 0 aliphatic rings. The third-order valence-corrected chi connectivity index (χ3v) is 6.99. The molecule has 0 fully saturated rings. The number of carbonyl (C=O) groups is 2. The van der Waals surface area contributed by atoms with Gasteiger partial charge in [-0.15, -0.1) is 16.1 Å². The summed E-state index contributed by atoms with van der Waals surface area (Å²) in [6, 6.07) is 22.9. The Morgan fingerprint density at radius 2 is 1.70 bits per heavy atom. The number of hydrogen-bond acceptors (Lipinski definition) is 6. The Labute approximate surface area is 232 Å². The summed E-state index contributed by atoms with van der Waals surface area (Å²) in [7, 11) is 0. The lowest BCUT2D eigenvalue weighted by Gasteiger charge is -2.16. The van der Waals surface area contributed by atoms with E-state index in [0.717, 1.165) is 10.4 Å². The summed E-state index contributed by atoms with van der Waals surface area (Å²) >= 11 is 1.46. The molecule has 0 saturated heterocycles. The van der Waals surface area contributed by atoms with Gasteiger partial charge >= 0.3 is 0 Å². The Kier molecular flexibility index (Phi) is 7.88. The Morgan fingerprint density at radius 3 is 2.42 bits per heavy atom. The van der Waals surface area contributed by atoms with E-state index in [0.29, 0.717) is 16.0 Å². The predicted octanol–water partition coefficient (Wildman–Crippen LogP) is 4.65. The van der Waals surface area contributed by atoms with Gasteiger partial charge in [0.15, 0.2) is 0 Å². The van der Waals surface area contributed by atoms with Crippen molar-refractivity contribution in [2.45, 2.75) is 19.6 Å². The maximum Gasteiger partial charge on any atom is 0.294 e. The number of benzene rings is 3. The lowest BCUT2D eigenvalue weighted by atomic mass is 10.0. The van der Waals surface area contributed by atoms with Crippen LogP contribution >= 0.6 is 11.3 Å². The quantitative estimate of drug-likeness (QED) is 0.245. The molecule has 0 spiro atoms. The maximum absolute atomic E-state index is 13.5. The highest BCUT2D eigenvalue weighted by atomic mass is 32.1. The average molecular weight is 558 g/mol. The fourth-order valence-electron chi connectivity index (χ4n) is 4.15. The van der Waals surface area contributed by atoms with Gasteiger partial charge in [0.05, 0.1) is 11.8 Å². The number of anilines is 1. The van der Waals surface area contributed by atoms with Gasteiger partial charge in [-0.1, -0.05) is 54.6 Å². The minimum Gasteiger partial charge on any atom is -0.492 e. The largest absolute Gasteiger partial charge is 0.492 e. The lowest BCUT2D eigenvalue weighted by molar-refractivity contribution is -0.115. The summed E-state index contributed by atoms with van der Waals surface area (Å²) in [5.74, 6) is -2.00. The number of halogens is 1.